The number of aryl methyl sites for hydroxylation is 1. The molecular weight excluding hydrogens is 467 g/mol. The third-order valence-electron chi connectivity index (χ3n) is 4.65. The highest BCUT2D eigenvalue weighted by Crippen LogP contribution is 2.25. The number of rotatable bonds is 5. The van der Waals surface area contributed by atoms with E-state index in [0.29, 0.717) is 19.0 Å². The molecule has 1 atom stereocenters. The second kappa shape index (κ2) is 11.2. The van der Waals surface area contributed by atoms with E-state index in [1.165, 1.54) is 11.1 Å². The first kappa shape index (κ1) is 22.4. The van der Waals surface area contributed by atoms with Crippen LogP contribution in [0.5, 0.6) is 5.88 Å². The fourth-order valence-electron chi connectivity index (χ4n) is 3.20. The van der Waals surface area contributed by atoms with Crippen LogP contribution in [0.4, 0.5) is 0 Å². The van der Waals surface area contributed by atoms with Gasteiger partial charge >= 0.3 is 0 Å². The van der Waals surface area contributed by atoms with Gasteiger partial charge < -0.3 is 19.7 Å². The highest BCUT2D eigenvalue weighted by atomic mass is 127. The predicted octanol–water partition coefficient (Wildman–Crippen LogP) is 3.56. The van der Waals surface area contributed by atoms with E-state index in [1.54, 1.807) is 13.3 Å². The summed E-state index contributed by atoms with van der Waals surface area (Å²) in [7, 11) is 1.62. The Bertz CT molecular complexity index is 767. The average molecular weight is 496 g/mol. The maximum Gasteiger partial charge on any atom is 0.212 e. The van der Waals surface area contributed by atoms with Gasteiger partial charge in [0.25, 0.3) is 0 Å². The lowest BCUT2D eigenvalue weighted by atomic mass is 10.0. The molecule has 0 amide bonds. The van der Waals surface area contributed by atoms with Crippen LogP contribution in [0.15, 0.2) is 47.6 Å². The first-order valence-corrected chi connectivity index (χ1v) is 9.40. The van der Waals surface area contributed by atoms with Crippen LogP contribution >= 0.6 is 24.0 Å². The number of halogens is 1. The Morgan fingerprint density at radius 2 is 2.14 bits per heavy atom. The Kier molecular flexibility index (Phi) is 8.98. The van der Waals surface area contributed by atoms with Gasteiger partial charge in [-0.05, 0) is 30.5 Å². The van der Waals surface area contributed by atoms with Crippen molar-refractivity contribution in [2.24, 2.45) is 4.99 Å². The van der Waals surface area contributed by atoms with Gasteiger partial charge in [0.2, 0.25) is 5.88 Å². The van der Waals surface area contributed by atoms with Crippen molar-refractivity contribution in [3.05, 3.63) is 59.3 Å². The summed E-state index contributed by atoms with van der Waals surface area (Å²) in [4.78, 5) is 11.3. The Morgan fingerprint density at radius 3 is 2.82 bits per heavy atom. The summed E-state index contributed by atoms with van der Waals surface area (Å²) in [5.41, 5.74) is 3.56. The summed E-state index contributed by atoms with van der Waals surface area (Å²) in [5.74, 6) is 1.53. The lowest BCUT2D eigenvalue weighted by molar-refractivity contribution is -0.00834. The fourth-order valence-corrected chi connectivity index (χ4v) is 3.20. The van der Waals surface area contributed by atoms with Crippen molar-refractivity contribution in [3.63, 3.8) is 0 Å². The molecule has 1 unspecified atom stereocenters. The van der Waals surface area contributed by atoms with E-state index in [1.807, 2.05) is 12.1 Å². The molecule has 2 aromatic rings. The molecule has 0 radical (unpaired) electrons. The number of morpholine rings is 1. The van der Waals surface area contributed by atoms with Crippen molar-refractivity contribution in [2.75, 3.05) is 33.4 Å². The molecule has 1 aliphatic heterocycles. The van der Waals surface area contributed by atoms with Crippen LogP contribution in [0.2, 0.25) is 0 Å². The predicted molar refractivity (Wildman–Crippen MR) is 122 cm³/mol. The van der Waals surface area contributed by atoms with Crippen molar-refractivity contribution in [1.29, 1.82) is 0 Å². The highest BCUT2D eigenvalue weighted by molar-refractivity contribution is 14.0. The van der Waals surface area contributed by atoms with Crippen LogP contribution in [-0.2, 0) is 11.3 Å². The maximum atomic E-state index is 6.04. The molecule has 152 valence electrons. The van der Waals surface area contributed by atoms with Gasteiger partial charge in [0.05, 0.1) is 26.8 Å². The molecule has 1 fully saturated rings. The number of ether oxygens (including phenoxy) is 2. The monoisotopic (exact) mass is 496 g/mol. The minimum absolute atomic E-state index is 0. The van der Waals surface area contributed by atoms with E-state index in [9.17, 15) is 0 Å². The average Bonchev–Trinajstić information content (AvgIpc) is 2.72. The van der Waals surface area contributed by atoms with E-state index in [2.05, 4.69) is 53.3 Å². The van der Waals surface area contributed by atoms with E-state index in [0.717, 1.165) is 31.2 Å². The molecule has 7 heteroatoms. The summed E-state index contributed by atoms with van der Waals surface area (Å²) in [5, 5.41) is 3.41. The molecule has 0 spiro atoms. The molecule has 1 saturated heterocycles. The zero-order valence-corrected chi connectivity index (χ0v) is 19.1. The fraction of sp³-hybridized carbons (Fsp3) is 0.429. The summed E-state index contributed by atoms with van der Waals surface area (Å²) >= 11 is 0. The Labute approximate surface area is 184 Å². The van der Waals surface area contributed by atoms with Gasteiger partial charge in [-0.3, -0.25) is 0 Å². The maximum absolute atomic E-state index is 6.04. The third kappa shape index (κ3) is 5.81. The molecular formula is C21H29IN4O2. The van der Waals surface area contributed by atoms with Crippen LogP contribution in [0, 0.1) is 6.92 Å². The summed E-state index contributed by atoms with van der Waals surface area (Å²) < 4.78 is 11.2. The number of nitrogens with zero attached hydrogens (tertiary/aromatic N) is 3. The van der Waals surface area contributed by atoms with E-state index in [4.69, 9.17) is 14.5 Å². The number of methoxy groups -OCH3 is 1. The highest BCUT2D eigenvalue weighted by Gasteiger charge is 2.25. The van der Waals surface area contributed by atoms with Gasteiger partial charge in [0.15, 0.2) is 5.96 Å². The van der Waals surface area contributed by atoms with Crippen LogP contribution in [0.3, 0.4) is 0 Å². The molecule has 6 nitrogen and oxygen atoms in total. The smallest absolute Gasteiger partial charge is 0.212 e. The lowest BCUT2D eigenvalue weighted by Crippen LogP contribution is -2.48. The Balaban J connectivity index is 0.00000280. The molecule has 28 heavy (non-hydrogen) atoms. The standard InChI is InChI=1S/C21H28N4O2.HI/c1-4-22-21(24-14-17-9-10-20(26-3)23-13-17)25-11-12-27-19(15-25)18-8-6-5-7-16(18)2;/h5-10,13,19H,4,11-12,14-15H2,1-3H3,(H,22,24);1H. The van der Waals surface area contributed by atoms with Crippen LogP contribution < -0.4 is 10.1 Å². The SMILES string of the molecule is CCNC(=NCc1ccc(OC)nc1)N1CCOC(c2ccccc2C)C1.I. The van der Waals surface area contributed by atoms with Crippen LogP contribution in [0.25, 0.3) is 0 Å². The normalized spacial score (nSPS) is 17.0. The van der Waals surface area contributed by atoms with Crippen molar-refractivity contribution < 1.29 is 9.47 Å². The molecule has 0 bridgehead atoms. The second-order valence-electron chi connectivity index (χ2n) is 6.54. The Morgan fingerprint density at radius 1 is 1.32 bits per heavy atom. The molecule has 0 aliphatic carbocycles. The largest absolute Gasteiger partial charge is 0.481 e. The van der Waals surface area contributed by atoms with Gasteiger partial charge in [-0.2, -0.15) is 0 Å². The zero-order chi connectivity index (χ0) is 19.1. The molecule has 0 saturated carbocycles. The number of hydrogen-bond donors (Lipinski definition) is 1. The second-order valence-corrected chi connectivity index (χ2v) is 6.54. The molecule has 1 aromatic carbocycles. The lowest BCUT2D eigenvalue weighted by Gasteiger charge is -2.35. The number of aliphatic imine (C=N–C) groups is 1. The number of hydrogen-bond acceptors (Lipinski definition) is 4. The summed E-state index contributed by atoms with van der Waals surface area (Å²) in [6.45, 7) is 7.93. The molecule has 2 heterocycles. The van der Waals surface area contributed by atoms with Gasteiger partial charge in [-0.1, -0.05) is 30.3 Å². The van der Waals surface area contributed by atoms with E-state index >= 15 is 0 Å². The van der Waals surface area contributed by atoms with Crippen molar-refractivity contribution in [2.45, 2.75) is 26.5 Å². The quantitative estimate of drug-likeness (QED) is 0.390. The molecule has 1 aliphatic rings. The van der Waals surface area contributed by atoms with Gasteiger partial charge in [-0.25, -0.2) is 9.98 Å². The Hall–Kier alpha value is -1.87. The summed E-state index contributed by atoms with van der Waals surface area (Å²) in [6, 6.07) is 12.3. The third-order valence-corrected chi connectivity index (χ3v) is 4.65. The topological polar surface area (TPSA) is 59.0 Å². The van der Waals surface area contributed by atoms with Gasteiger partial charge in [-0.15, -0.1) is 24.0 Å². The van der Waals surface area contributed by atoms with E-state index in [-0.39, 0.29) is 30.1 Å². The molecule has 1 N–H and O–H groups in total. The molecule has 1 aromatic heterocycles. The number of guanidine groups is 1. The number of nitrogens with one attached hydrogen (secondary N) is 1. The minimum Gasteiger partial charge on any atom is -0.481 e. The molecule has 3 rings (SSSR count). The van der Waals surface area contributed by atoms with Gasteiger partial charge in [0, 0.05) is 25.4 Å². The number of pyridine rings is 1. The van der Waals surface area contributed by atoms with Gasteiger partial charge in [0.1, 0.15) is 6.10 Å². The van der Waals surface area contributed by atoms with Crippen molar-refractivity contribution in [1.82, 2.24) is 15.2 Å². The number of aromatic nitrogens is 1. The van der Waals surface area contributed by atoms with Crippen LogP contribution in [-0.4, -0.2) is 49.2 Å². The van der Waals surface area contributed by atoms with Crippen molar-refractivity contribution >= 4 is 29.9 Å². The summed E-state index contributed by atoms with van der Waals surface area (Å²) in [6.07, 6.45) is 1.87. The first-order valence-electron chi connectivity index (χ1n) is 9.40. The minimum atomic E-state index is 0. The first-order chi connectivity index (χ1) is 13.2. The van der Waals surface area contributed by atoms with E-state index < -0.39 is 0 Å². The zero-order valence-electron chi connectivity index (χ0n) is 16.7. The van der Waals surface area contributed by atoms with Crippen molar-refractivity contribution in [3.8, 4) is 5.88 Å². The van der Waals surface area contributed by atoms with Crippen LogP contribution in [0.1, 0.15) is 29.7 Å². The number of benzene rings is 1.